The van der Waals surface area contributed by atoms with Gasteiger partial charge in [0.15, 0.2) is 0 Å². The van der Waals surface area contributed by atoms with Gasteiger partial charge in [-0.15, -0.1) is 5.10 Å². The van der Waals surface area contributed by atoms with E-state index in [2.05, 4.69) is 20.2 Å². The second-order valence-electron chi connectivity index (χ2n) is 8.74. The number of carbonyl (C=O) groups excluding carboxylic acids is 1. The number of ether oxygens (including phenoxy) is 1. The van der Waals surface area contributed by atoms with Gasteiger partial charge < -0.3 is 14.6 Å². The number of aromatic nitrogens is 3. The van der Waals surface area contributed by atoms with Gasteiger partial charge in [0.05, 0.1) is 17.8 Å². The van der Waals surface area contributed by atoms with Crippen molar-refractivity contribution in [3.63, 3.8) is 0 Å². The van der Waals surface area contributed by atoms with E-state index in [9.17, 15) is 18.0 Å². The fraction of sp³-hybridized carbons (Fsp3) is 0.375. The first-order valence-electron chi connectivity index (χ1n) is 11.5. The standard InChI is InChI=1S/C24H26N6O5S/c1-3-10-28-36(33,34)24(8-9-24)15-35-22-20-18(14-27-29-22)11-19(23(32)30(20)2)21(31)26-13-17-6-4-16(12-25)5-7-17/h4-7,11,14,28H,3,8-10,13,15H2,1-2H3,(H,26,31). The zero-order chi connectivity index (χ0) is 25.9. The number of carbonyl (C=O) groups is 1. The SMILES string of the molecule is CCCNS(=O)(=O)C1(COc2nncc3cc(C(=O)NCc4ccc(C#N)cc4)c(=O)n(C)c23)CC1. The fourth-order valence-electron chi connectivity index (χ4n) is 3.77. The van der Waals surface area contributed by atoms with Crippen molar-refractivity contribution in [1.82, 2.24) is 24.8 Å². The van der Waals surface area contributed by atoms with E-state index in [-0.39, 0.29) is 24.6 Å². The average Bonchev–Trinajstić information content (AvgIpc) is 3.69. The van der Waals surface area contributed by atoms with Crippen molar-refractivity contribution >= 4 is 26.8 Å². The largest absolute Gasteiger partial charge is 0.473 e. The molecule has 188 valence electrons. The summed E-state index contributed by atoms with van der Waals surface area (Å²) in [5.74, 6) is -0.542. The number of pyridine rings is 1. The summed E-state index contributed by atoms with van der Waals surface area (Å²) in [7, 11) is -2.08. The minimum absolute atomic E-state index is 0.0219. The van der Waals surface area contributed by atoms with Gasteiger partial charge in [-0.05, 0) is 43.0 Å². The van der Waals surface area contributed by atoms with E-state index in [1.165, 1.54) is 23.9 Å². The van der Waals surface area contributed by atoms with Gasteiger partial charge in [0.25, 0.3) is 17.3 Å². The molecule has 1 amide bonds. The molecule has 1 aliphatic carbocycles. The summed E-state index contributed by atoms with van der Waals surface area (Å²) in [6.07, 6.45) is 3.02. The number of nitrogens with one attached hydrogen (secondary N) is 2. The Kier molecular flexibility index (Phi) is 7.05. The van der Waals surface area contributed by atoms with Crippen LogP contribution in [0.4, 0.5) is 0 Å². The molecule has 2 aromatic heterocycles. The monoisotopic (exact) mass is 510 g/mol. The molecule has 0 spiro atoms. The molecule has 1 aromatic carbocycles. The molecule has 4 rings (SSSR count). The van der Waals surface area contributed by atoms with E-state index < -0.39 is 26.2 Å². The third-order valence-corrected chi connectivity index (χ3v) is 8.41. The molecule has 12 heteroatoms. The van der Waals surface area contributed by atoms with Crippen molar-refractivity contribution in [1.29, 1.82) is 5.26 Å². The second-order valence-corrected chi connectivity index (χ2v) is 10.9. The Hall–Kier alpha value is -3.82. The number of fused-ring (bicyclic) bond motifs is 1. The number of sulfonamides is 1. The number of benzene rings is 1. The van der Waals surface area contributed by atoms with E-state index in [0.717, 1.165) is 5.56 Å². The lowest BCUT2D eigenvalue weighted by atomic mass is 10.1. The zero-order valence-electron chi connectivity index (χ0n) is 19.9. The highest BCUT2D eigenvalue weighted by molar-refractivity contribution is 7.91. The number of amides is 1. The lowest BCUT2D eigenvalue weighted by Gasteiger charge is -2.18. The maximum absolute atomic E-state index is 13.0. The third kappa shape index (κ3) is 4.93. The second kappa shape index (κ2) is 10.0. The van der Waals surface area contributed by atoms with Crippen molar-refractivity contribution in [2.45, 2.75) is 37.5 Å². The smallest absolute Gasteiger partial charge is 0.263 e. The van der Waals surface area contributed by atoms with Gasteiger partial charge in [0.2, 0.25) is 10.0 Å². The van der Waals surface area contributed by atoms with Crippen LogP contribution in [0.1, 0.15) is 47.7 Å². The first kappa shape index (κ1) is 25.3. The molecular formula is C24H26N6O5S. The van der Waals surface area contributed by atoms with Gasteiger partial charge in [0, 0.05) is 25.5 Å². The third-order valence-electron chi connectivity index (χ3n) is 6.16. The summed E-state index contributed by atoms with van der Waals surface area (Å²) in [5.41, 5.74) is 0.959. The van der Waals surface area contributed by atoms with Gasteiger partial charge in [0.1, 0.15) is 22.4 Å². The van der Waals surface area contributed by atoms with Gasteiger partial charge in [-0.3, -0.25) is 9.59 Å². The van der Waals surface area contributed by atoms with Gasteiger partial charge >= 0.3 is 0 Å². The fourth-order valence-corrected chi connectivity index (χ4v) is 5.40. The molecule has 1 aliphatic rings. The van der Waals surface area contributed by atoms with Crippen LogP contribution in [0.3, 0.4) is 0 Å². The van der Waals surface area contributed by atoms with Gasteiger partial charge in [-0.25, -0.2) is 13.1 Å². The molecule has 0 bridgehead atoms. The number of hydrogen-bond acceptors (Lipinski definition) is 8. The lowest BCUT2D eigenvalue weighted by molar-refractivity contribution is 0.0949. The predicted molar refractivity (Wildman–Crippen MR) is 132 cm³/mol. The highest BCUT2D eigenvalue weighted by Crippen LogP contribution is 2.43. The number of rotatable bonds is 10. The van der Waals surface area contributed by atoms with Gasteiger partial charge in [-0.1, -0.05) is 19.1 Å². The van der Waals surface area contributed by atoms with Crippen LogP contribution in [0.25, 0.3) is 10.9 Å². The molecule has 0 saturated heterocycles. The molecule has 3 aromatic rings. The minimum atomic E-state index is -3.56. The maximum atomic E-state index is 13.0. The van der Waals surface area contributed by atoms with Crippen LogP contribution in [0.15, 0.2) is 41.3 Å². The van der Waals surface area contributed by atoms with Crippen LogP contribution in [-0.2, 0) is 23.6 Å². The van der Waals surface area contributed by atoms with Crippen molar-refractivity contribution in [2.75, 3.05) is 13.2 Å². The van der Waals surface area contributed by atoms with Crippen molar-refractivity contribution < 1.29 is 17.9 Å². The number of hydrogen-bond donors (Lipinski definition) is 2. The van der Waals surface area contributed by atoms with Crippen LogP contribution in [0, 0.1) is 11.3 Å². The molecule has 1 saturated carbocycles. The van der Waals surface area contributed by atoms with E-state index in [1.807, 2.05) is 13.0 Å². The Morgan fingerprint density at radius 2 is 2.00 bits per heavy atom. The van der Waals surface area contributed by atoms with E-state index in [0.29, 0.717) is 42.3 Å². The molecule has 2 heterocycles. The number of nitrogens with zero attached hydrogens (tertiary/aromatic N) is 4. The topological polar surface area (TPSA) is 156 Å². The summed E-state index contributed by atoms with van der Waals surface area (Å²) in [5, 5.41) is 19.9. The summed E-state index contributed by atoms with van der Waals surface area (Å²) >= 11 is 0. The summed E-state index contributed by atoms with van der Waals surface area (Å²) in [6.45, 7) is 2.28. The molecule has 11 nitrogen and oxygen atoms in total. The Morgan fingerprint density at radius 1 is 1.28 bits per heavy atom. The summed E-state index contributed by atoms with van der Waals surface area (Å²) in [6, 6.07) is 10.2. The van der Waals surface area contributed by atoms with Crippen molar-refractivity contribution in [2.24, 2.45) is 7.05 Å². The summed E-state index contributed by atoms with van der Waals surface area (Å²) < 4.78 is 33.9. The molecular weight excluding hydrogens is 484 g/mol. The molecule has 1 fully saturated rings. The van der Waals surface area contributed by atoms with Crippen molar-refractivity contribution in [3.8, 4) is 11.9 Å². The normalized spacial score (nSPS) is 14.2. The van der Waals surface area contributed by atoms with Crippen LogP contribution < -0.4 is 20.3 Å². The molecule has 0 radical (unpaired) electrons. The molecule has 0 atom stereocenters. The van der Waals surface area contributed by atoms with Crippen molar-refractivity contribution in [3.05, 3.63) is 63.6 Å². The molecule has 2 N–H and O–H groups in total. The van der Waals surface area contributed by atoms with E-state index >= 15 is 0 Å². The van der Waals surface area contributed by atoms with Crippen LogP contribution in [-0.4, -0.2) is 47.0 Å². The quantitative estimate of drug-likeness (QED) is 0.414. The first-order valence-corrected chi connectivity index (χ1v) is 12.9. The molecule has 0 unspecified atom stereocenters. The van der Waals surface area contributed by atoms with Gasteiger partial charge in [-0.2, -0.15) is 10.4 Å². The number of nitriles is 1. The summed E-state index contributed by atoms with van der Waals surface area (Å²) in [4.78, 5) is 25.8. The zero-order valence-corrected chi connectivity index (χ0v) is 20.8. The Bertz CT molecular complexity index is 1500. The van der Waals surface area contributed by atoms with Crippen LogP contribution in [0.5, 0.6) is 5.88 Å². The average molecular weight is 511 g/mol. The Morgan fingerprint density at radius 3 is 2.64 bits per heavy atom. The molecule has 0 aliphatic heterocycles. The number of aryl methyl sites for hydroxylation is 1. The first-order chi connectivity index (χ1) is 17.2. The van der Waals surface area contributed by atoms with E-state index in [1.54, 1.807) is 24.3 Å². The maximum Gasteiger partial charge on any atom is 0.263 e. The van der Waals surface area contributed by atoms with E-state index in [4.69, 9.17) is 10.00 Å². The Balaban J connectivity index is 1.55. The molecule has 36 heavy (non-hydrogen) atoms. The minimum Gasteiger partial charge on any atom is -0.473 e. The highest BCUT2D eigenvalue weighted by atomic mass is 32.2. The Labute approximate surface area is 208 Å². The van der Waals surface area contributed by atoms with Crippen LogP contribution >= 0.6 is 0 Å². The highest BCUT2D eigenvalue weighted by Gasteiger charge is 2.55. The van der Waals surface area contributed by atoms with Crippen LogP contribution in [0.2, 0.25) is 0 Å². The predicted octanol–water partition coefficient (Wildman–Crippen LogP) is 1.37. The lowest BCUT2D eigenvalue weighted by Crippen LogP contribution is -2.40.